The van der Waals surface area contributed by atoms with E-state index in [1.165, 1.54) is 17.7 Å². The monoisotopic (exact) mass is 215 g/mol. The van der Waals surface area contributed by atoms with Crippen molar-refractivity contribution in [1.82, 2.24) is 4.98 Å². The fourth-order valence-corrected chi connectivity index (χ4v) is 1.64. The first-order chi connectivity index (χ1) is 7.65. The first-order valence-electron chi connectivity index (χ1n) is 5.32. The molecule has 0 N–H and O–H groups in total. The van der Waals surface area contributed by atoms with Crippen molar-refractivity contribution in [3.8, 4) is 0 Å². The van der Waals surface area contributed by atoms with Crippen molar-refractivity contribution >= 4 is 0 Å². The fourth-order valence-electron chi connectivity index (χ4n) is 1.64. The predicted molar refractivity (Wildman–Crippen MR) is 62.9 cm³/mol. The number of aromatic nitrogens is 1. The second-order valence-electron chi connectivity index (χ2n) is 4.05. The smallest absolute Gasteiger partial charge is 0.123 e. The third-order valence-electron chi connectivity index (χ3n) is 2.72. The van der Waals surface area contributed by atoms with E-state index in [1.807, 2.05) is 25.3 Å². The lowest BCUT2D eigenvalue weighted by Gasteiger charge is -2.04. The molecule has 0 aliphatic rings. The van der Waals surface area contributed by atoms with E-state index in [-0.39, 0.29) is 5.82 Å². The molecule has 0 atom stereocenters. The van der Waals surface area contributed by atoms with Crippen LogP contribution in [0.3, 0.4) is 0 Å². The van der Waals surface area contributed by atoms with Gasteiger partial charge in [-0.3, -0.25) is 4.98 Å². The van der Waals surface area contributed by atoms with Gasteiger partial charge in [-0.2, -0.15) is 0 Å². The number of nitrogens with zero attached hydrogens (tertiary/aromatic N) is 1. The molecule has 1 aromatic heterocycles. The summed E-state index contributed by atoms with van der Waals surface area (Å²) in [5.74, 6) is -0.193. The second-order valence-corrected chi connectivity index (χ2v) is 4.05. The van der Waals surface area contributed by atoms with Gasteiger partial charge in [0.1, 0.15) is 5.82 Å². The lowest BCUT2D eigenvalue weighted by atomic mass is 10.0. The SMILES string of the molecule is Cc1cc(Cc2ccc(F)cc2)cnc1C. The molecule has 0 unspecified atom stereocenters. The Balaban J connectivity index is 2.20. The van der Waals surface area contributed by atoms with E-state index in [1.54, 1.807) is 0 Å². The zero-order valence-corrected chi connectivity index (χ0v) is 9.50. The quantitative estimate of drug-likeness (QED) is 0.748. The summed E-state index contributed by atoms with van der Waals surface area (Å²) in [6.45, 7) is 4.05. The second kappa shape index (κ2) is 4.44. The van der Waals surface area contributed by atoms with Crippen molar-refractivity contribution in [2.75, 3.05) is 0 Å². The number of pyridine rings is 1. The van der Waals surface area contributed by atoms with Crippen molar-refractivity contribution in [2.45, 2.75) is 20.3 Å². The van der Waals surface area contributed by atoms with Crippen LogP contribution in [-0.4, -0.2) is 4.98 Å². The summed E-state index contributed by atoms with van der Waals surface area (Å²) < 4.78 is 12.7. The standard InChI is InChI=1S/C14H14FN/c1-10-7-13(9-16-11(10)2)8-12-3-5-14(15)6-4-12/h3-7,9H,8H2,1-2H3. The highest BCUT2D eigenvalue weighted by Crippen LogP contribution is 2.12. The Kier molecular flexibility index (Phi) is 3.00. The van der Waals surface area contributed by atoms with E-state index < -0.39 is 0 Å². The van der Waals surface area contributed by atoms with Crippen molar-refractivity contribution in [1.29, 1.82) is 0 Å². The summed E-state index contributed by atoms with van der Waals surface area (Å²) in [6.07, 6.45) is 2.68. The molecule has 0 radical (unpaired) electrons. The molecule has 0 spiro atoms. The molecule has 2 rings (SSSR count). The van der Waals surface area contributed by atoms with E-state index >= 15 is 0 Å². The Hall–Kier alpha value is -1.70. The average Bonchev–Trinajstić information content (AvgIpc) is 2.27. The minimum atomic E-state index is -0.193. The third kappa shape index (κ3) is 2.45. The molecule has 1 nitrogen and oxygen atoms in total. The van der Waals surface area contributed by atoms with E-state index in [9.17, 15) is 4.39 Å². The third-order valence-corrected chi connectivity index (χ3v) is 2.72. The van der Waals surface area contributed by atoms with Gasteiger partial charge in [-0.25, -0.2) is 4.39 Å². The van der Waals surface area contributed by atoms with Crippen molar-refractivity contribution < 1.29 is 4.39 Å². The molecule has 0 amide bonds. The first-order valence-corrected chi connectivity index (χ1v) is 5.32. The van der Waals surface area contributed by atoms with Gasteiger partial charge in [-0.05, 0) is 49.1 Å². The van der Waals surface area contributed by atoms with Gasteiger partial charge in [0.2, 0.25) is 0 Å². The van der Waals surface area contributed by atoms with Gasteiger partial charge < -0.3 is 0 Å². The zero-order valence-electron chi connectivity index (χ0n) is 9.50. The minimum Gasteiger partial charge on any atom is -0.261 e. The van der Waals surface area contributed by atoms with Crippen LogP contribution in [0.25, 0.3) is 0 Å². The highest BCUT2D eigenvalue weighted by molar-refractivity contribution is 5.28. The normalized spacial score (nSPS) is 10.4. The number of halogens is 1. The molecule has 0 aliphatic carbocycles. The van der Waals surface area contributed by atoms with Crippen molar-refractivity contribution in [3.63, 3.8) is 0 Å². The van der Waals surface area contributed by atoms with Crippen LogP contribution < -0.4 is 0 Å². The molecule has 0 bridgehead atoms. The number of benzene rings is 1. The van der Waals surface area contributed by atoms with Gasteiger partial charge in [0.25, 0.3) is 0 Å². The zero-order chi connectivity index (χ0) is 11.5. The van der Waals surface area contributed by atoms with Gasteiger partial charge in [-0.1, -0.05) is 18.2 Å². The van der Waals surface area contributed by atoms with Crippen LogP contribution in [0, 0.1) is 19.7 Å². The Morgan fingerprint density at radius 3 is 2.38 bits per heavy atom. The molecule has 16 heavy (non-hydrogen) atoms. The summed E-state index contributed by atoms with van der Waals surface area (Å²) in [5, 5.41) is 0. The molecule has 1 aromatic carbocycles. The summed E-state index contributed by atoms with van der Waals surface area (Å²) in [7, 11) is 0. The number of hydrogen-bond acceptors (Lipinski definition) is 1. The molecule has 82 valence electrons. The van der Waals surface area contributed by atoms with Crippen LogP contribution >= 0.6 is 0 Å². The summed E-state index contributed by atoms with van der Waals surface area (Å²) in [6, 6.07) is 8.73. The maximum absolute atomic E-state index is 12.7. The molecule has 0 aliphatic heterocycles. The number of aryl methyl sites for hydroxylation is 2. The predicted octanol–water partition coefficient (Wildman–Crippen LogP) is 3.43. The van der Waals surface area contributed by atoms with E-state index in [4.69, 9.17) is 0 Å². The minimum absolute atomic E-state index is 0.193. The van der Waals surface area contributed by atoms with E-state index in [0.717, 1.165) is 23.2 Å². The average molecular weight is 215 g/mol. The van der Waals surface area contributed by atoms with E-state index in [2.05, 4.69) is 18.0 Å². The van der Waals surface area contributed by atoms with Crippen LogP contribution in [0.2, 0.25) is 0 Å². The maximum atomic E-state index is 12.7. The molecular formula is C14H14FN. The van der Waals surface area contributed by atoms with Crippen LogP contribution in [0.1, 0.15) is 22.4 Å². The summed E-state index contributed by atoms with van der Waals surface area (Å²) in [4.78, 5) is 4.32. The van der Waals surface area contributed by atoms with Gasteiger partial charge in [-0.15, -0.1) is 0 Å². The first kappa shape index (κ1) is 10.8. The molecule has 1 heterocycles. The molecular weight excluding hydrogens is 201 g/mol. The van der Waals surface area contributed by atoms with Crippen molar-refractivity contribution in [3.05, 3.63) is 64.7 Å². The molecule has 0 saturated heterocycles. The maximum Gasteiger partial charge on any atom is 0.123 e. The largest absolute Gasteiger partial charge is 0.261 e. The summed E-state index contributed by atoms with van der Waals surface area (Å²) >= 11 is 0. The van der Waals surface area contributed by atoms with Crippen LogP contribution in [0.15, 0.2) is 36.5 Å². The Labute approximate surface area is 95.0 Å². The van der Waals surface area contributed by atoms with Crippen LogP contribution in [0.4, 0.5) is 4.39 Å². The lowest BCUT2D eigenvalue weighted by molar-refractivity contribution is 0.627. The lowest BCUT2D eigenvalue weighted by Crippen LogP contribution is -1.93. The van der Waals surface area contributed by atoms with Gasteiger partial charge in [0, 0.05) is 11.9 Å². The van der Waals surface area contributed by atoms with Gasteiger partial charge in [0.15, 0.2) is 0 Å². The Morgan fingerprint density at radius 1 is 1.06 bits per heavy atom. The van der Waals surface area contributed by atoms with E-state index in [0.29, 0.717) is 0 Å². The van der Waals surface area contributed by atoms with Gasteiger partial charge in [0.05, 0.1) is 0 Å². The Bertz CT molecular complexity index is 489. The summed E-state index contributed by atoms with van der Waals surface area (Å²) in [5.41, 5.74) is 4.52. The Morgan fingerprint density at radius 2 is 1.75 bits per heavy atom. The van der Waals surface area contributed by atoms with Crippen molar-refractivity contribution in [2.24, 2.45) is 0 Å². The fraction of sp³-hybridized carbons (Fsp3) is 0.214. The van der Waals surface area contributed by atoms with Crippen LogP contribution in [0.5, 0.6) is 0 Å². The molecule has 2 aromatic rings. The molecule has 0 saturated carbocycles. The van der Waals surface area contributed by atoms with Crippen LogP contribution in [-0.2, 0) is 6.42 Å². The van der Waals surface area contributed by atoms with Gasteiger partial charge >= 0.3 is 0 Å². The topological polar surface area (TPSA) is 12.9 Å². The highest BCUT2D eigenvalue weighted by Gasteiger charge is 2.00. The molecule has 2 heteroatoms. The highest BCUT2D eigenvalue weighted by atomic mass is 19.1. The molecule has 0 fully saturated rings. The number of rotatable bonds is 2. The number of hydrogen-bond donors (Lipinski definition) is 0.